The summed E-state index contributed by atoms with van der Waals surface area (Å²) in [6, 6.07) is 3.24. The lowest BCUT2D eigenvalue weighted by Crippen LogP contribution is -2.36. The molecule has 2 rings (SSSR count). The van der Waals surface area contributed by atoms with Gasteiger partial charge in [0.05, 0.1) is 14.2 Å². The van der Waals surface area contributed by atoms with Crippen LogP contribution in [0.25, 0.3) is 0 Å². The van der Waals surface area contributed by atoms with E-state index < -0.39 is 11.7 Å². The third-order valence-corrected chi connectivity index (χ3v) is 2.50. The van der Waals surface area contributed by atoms with Crippen LogP contribution in [0, 0.1) is 0 Å². The molecule has 1 aliphatic rings. The first kappa shape index (κ1) is 10.5. The molecular formula is C11H11NO4. The first-order valence-corrected chi connectivity index (χ1v) is 4.74. The average molecular weight is 221 g/mol. The highest BCUT2D eigenvalue weighted by Gasteiger charge is 2.26. The fraction of sp³-hybridized carbons (Fsp3) is 0.273. The molecule has 0 bridgehead atoms. The minimum absolute atomic E-state index is 0.334. The predicted octanol–water partition coefficient (Wildman–Crippen LogP) is 0.516. The van der Waals surface area contributed by atoms with Gasteiger partial charge in [-0.2, -0.15) is 0 Å². The highest BCUT2D eigenvalue weighted by molar-refractivity contribution is 6.44. The molecule has 0 aliphatic carbocycles. The number of ether oxygens (including phenoxy) is 2. The number of Topliss-reactive ketones (excluding diaryl/α,β-unsaturated/α-hetero) is 1. The summed E-state index contributed by atoms with van der Waals surface area (Å²) >= 11 is 0. The van der Waals surface area contributed by atoms with Gasteiger partial charge in [-0.1, -0.05) is 0 Å². The molecule has 5 nitrogen and oxygen atoms in total. The molecule has 0 fully saturated rings. The molecule has 0 saturated heterocycles. The Bertz CT molecular complexity index is 467. The van der Waals surface area contributed by atoms with E-state index in [1.165, 1.54) is 20.3 Å². The van der Waals surface area contributed by atoms with Crippen LogP contribution in [-0.2, 0) is 11.3 Å². The Morgan fingerprint density at radius 1 is 1.12 bits per heavy atom. The number of hydrogen-bond donors (Lipinski definition) is 1. The number of ketones is 1. The van der Waals surface area contributed by atoms with Gasteiger partial charge < -0.3 is 14.8 Å². The fourth-order valence-electron chi connectivity index (χ4n) is 1.66. The SMILES string of the molecule is COc1cc2c(cc1OC)C(=O)C(=O)NC2. The van der Waals surface area contributed by atoms with Crippen molar-refractivity contribution in [1.29, 1.82) is 0 Å². The monoisotopic (exact) mass is 221 g/mol. The molecule has 0 spiro atoms. The number of hydrogen-bond acceptors (Lipinski definition) is 4. The van der Waals surface area contributed by atoms with Gasteiger partial charge in [-0.05, 0) is 17.7 Å². The van der Waals surface area contributed by atoms with E-state index in [9.17, 15) is 9.59 Å². The summed E-state index contributed by atoms with van der Waals surface area (Å²) < 4.78 is 10.2. The van der Waals surface area contributed by atoms with E-state index in [0.29, 0.717) is 23.6 Å². The van der Waals surface area contributed by atoms with Gasteiger partial charge >= 0.3 is 0 Å². The molecule has 1 aromatic carbocycles. The lowest BCUT2D eigenvalue weighted by atomic mass is 9.98. The van der Waals surface area contributed by atoms with Crippen molar-refractivity contribution in [2.75, 3.05) is 14.2 Å². The zero-order chi connectivity index (χ0) is 11.7. The topological polar surface area (TPSA) is 64.6 Å². The lowest BCUT2D eigenvalue weighted by Gasteiger charge is -2.18. The van der Waals surface area contributed by atoms with Crippen LogP contribution < -0.4 is 14.8 Å². The molecule has 1 amide bonds. The molecule has 1 aromatic rings. The molecule has 0 unspecified atom stereocenters. The van der Waals surface area contributed by atoms with E-state index in [2.05, 4.69) is 5.32 Å². The Morgan fingerprint density at radius 2 is 1.75 bits per heavy atom. The Labute approximate surface area is 92.4 Å². The molecule has 1 N–H and O–H groups in total. The van der Waals surface area contributed by atoms with Gasteiger partial charge in [-0.15, -0.1) is 0 Å². The maximum absolute atomic E-state index is 11.6. The Kier molecular flexibility index (Phi) is 2.52. The predicted molar refractivity (Wildman–Crippen MR) is 55.7 cm³/mol. The third-order valence-electron chi connectivity index (χ3n) is 2.50. The Balaban J connectivity index is 2.56. The molecule has 16 heavy (non-hydrogen) atoms. The van der Waals surface area contributed by atoms with E-state index in [1.54, 1.807) is 6.07 Å². The number of rotatable bonds is 2. The number of amides is 1. The van der Waals surface area contributed by atoms with Gasteiger partial charge in [0.15, 0.2) is 11.5 Å². The number of nitrogens with one attached hydrogen (secondary N) is 1. The van der Waals surface area contributed by atoms with Crippen LogP contribution in [0.2, 0.25) is 0 Å². The smallest absolute Gasteiger partial charge is 0.292 e. The molecule has 1 aliphatic heterocycles. The maximum Gasteiger partial charge on any atom is 0.292 e. The van der Waals surface area contributed by atoms with Gasteiger partial charge in [0.25, 0.3) is 11.7 Å². The number of fused-ring (bicyclic) bond motifs is 1. The van der Waals surface area contributed by atoms with Crippen LogP contribution in [-0.4, -0.2) is 25.9 Å². The summed E-state index contributed by atoms with van der Waals surface area (Å²) in [6.45, 7) is 0.334. The van der Waals surface area contributed by atoms with Crippen LogP contribution in [0.4, 0.5) is 0 Å². The van der Waals surface area contributed by atoms with Gasteiger partial charge in [-0.25, -0.2) is 0 Å². The van der Waals surface area contributed by atoms with Gasteiger partial charge in [0.1, 0.15) is 0 Å². The summed E-state index contributed by atoms with van der Waals surface area (Å²) in [5, 5.41) is 2.49. The molecule has 1 heterocycles. The molecule has 0 saturated carbocycles. The quantitative estimate of drug-likeness (QED) is 0.739. The van der Waals surface area contributed by atoms with Crippen molar-refractivity contribution in [3.63, 3.8) is 0 Å². The minimum atomic E-state index is -0.584. The van der Waals surface area contributed by atoms with Crippen molar-refractivity contribution >= 4 is 11.7 Å². The highest BCUT2D eigenvalue weighted by atomic mass is 16.5. The van der Waals surface area contributed by atoms with Crippen molar-refractivity contribution in [3.05, 3.63) is 23.3 Å². The standard InChI is InChI=1S/C11H11NO4/c1-15-8-3-6-5-12-11(14)10(13)7(6)4-9(8)16-2/h3-4H,5H2,1-2H3,(H,12,14). The van der Waals surface area contributed by atoms with E-state index in [1.807, 2.05) is 0 Å². The largest absolute Gasteiger partial charge is 0.493 e. The second kappa shape index (κ2) is 3.84. The zero-order valence-electron chi connectivity index (χ0n) is 8.99. The van der Waals surface area contributed by atoms with Crippen molar-refractivity contribution < 1.29 is 19.1 Å². The first-order valence-electron chi connectivity index (χ1n) is 4.74. The number of benzene rings is 1. The number of carbonyl (C=O) groups excluding carboxylic acids is 2. The Hall–Kier alpha value is -2.04. The Morgan fingerprint density at radius 3 is 2.38 bits per heavy atom. The van der Waals surface area contributed by atoms with Gasteiger partial charge in [0.2, 0.25) is 0 Å². The van der Waals surface area contributed by atoms with Crippen LogP contribution in [0.5, 0.6) is 11.5 Å². The second-order valence-corrected chi connectivity index (χ2v) is 3.38. The van der Waals surface area contributed by atoms with Crippen molar-refractivity contribution in [1.82, 2.24) is 5.32 Å². The number of methoxy groups -OCH3 is 2. The van der Waals surface area contributed by atoms with Crippen molar-refractivity contribution in [2.45, 2.75) is 6.54 Å². The summed E-state index contributed by atoms with van der Waals surface area (Å²) in [5.41, 5.74) is 1.11. The van der Waals surface area contributed by atoms with Crippen molar-refractivity contribution in [3.8, 4) is 11.5 Å². The first-order chi connectivity index (χ1) is 7.67. The molecule has 0 atom stereocenters. The van der Waals surface area contributed by atoms with E-state index in [0.717, 1.165) is 5.56 Å². The summed E-state index contributed by atoms with van der Waals surface area (Å²) in [5.74, 6) is -0.128. The average Bonchev–Trinajstić information content (AvgIpc) is 2.32. The third kappa shape index (κ3) is 1.50. The molecule has 0 aromatic heterocycles. The highest BCUT2D eigenvalue weighted by Crippen LogP contribution is 2.31. The molecular weight excluding hydrogens is 210 g/mol. The van der Waals surface area contributed by atoms with E-state index in [4.69, 9.17) is 9.47 Å². The minimum Gasteiger partial charge on any atom is -0.493 e. The van der Waals surface area contributed by atoms with Gasteiger partial charge in [-0.3, -0.25) is 9.59 Å². The van der Waals surface area contributed by atoms with E-state index in [-0.39, 0.29) is 0 Å². The summed E-state index contributed by atoms with van der Waals surface area (Å²) in [7, 11) is 3.01. The lowest BCUT2D eigenvalue weighted by molar-refractivity contribution is -0.117. The second-order valence-electron chi connectivity index (χ2n) is 3.38. The fourth-order valence-corrected chi connectivity index (χ4v) is 1.66. The summed E-state index contributed by atoms with van der Waals surface area (Å²) in [4.78, 5) is 22.8. The molecule has 5 heteroatoms. The van der Waals surface area contributed by atoms with Crippen LogP contribution in [0.3, 0.4) is 0 Å². The maximum atomic E-state index is 11.6. The normalized spacial score (nSPS) is 14.1. The summed E-state index contributed by atoms with van der Waals surface area (Å²) in [6.07, 6.45) is 0. The number of carbonyl (C=O) groups is 2. The van der Waals surface area contributed by atoms with Gasteiger partial charge in [0, 0.05) is 12.1 Å². The zero-order valence-corrected chi connectivity index (χ0v) is 8.99. The van der Waals surface area contributed by atoms with E-state index >= 15 is 0 Å². The van der Waals surface area contributed by atoms with Crippen molar-refractivity contribution in [2.24, 2.45) is 0 Å². The van der Waals surface area contributed by atoms with Crippen LogP contribution in [0.15, 0.2) is 12.1 Å². The van der Waals surface area contributed by atoms with Crippen LogP contribution >= 0.6 is 0 Å². The molecule has 0 radical (unpaired) electrons. The van der Waals surface area contributed by atoms with Crippen LogP contribution in [0.1, 0.15) is 15.9 Å². The molecule has 84 valence electrons.